The molecule has 2 atom stereocenters. The van der Waals surface area contributed by atoms with Gasteiger partial charge < -0.3 is 24.2 Å². The normalized spacial score (nSPS) is 21.1. The van der Waals surface area contributed by atoms with Crippen molar-refractivity contribution in [2.75, 3.05) is 40.4 Å². The number of rotatable bonds is 7. The molecule has 1 aromatic heterocycles. The summed E-state index contributed by atoms with van der Waals surface area (Å²) in [5.41, 5.74) is 1.75. The van der Waals surface area contributed by atoms with Crippen LogP contribution in [0.25, 0.3) is 0 Å². The average Bonchev–Trinajstić information content (AvgIpc) is 3.14. The van der Waals surface area contributed by atoms with Crippen molar-refractivity contribution in [2.45, 2.75) is 25.6 Å². The summed E-state index contributed by atoms with van der Waals surface area (Å²) in [6.45, 7) is 1.79. The van der Waals surface area contributed by atoms with Crippen LogP contribution < -0.4 is 4.74 Å². The van der Waals surface area contributed by atoms with Gasteiger partial charge in [-0.3, -0.25) is 19.4 Å². The van der Waals surface area contributed by atoms with Gasteiger partial charge in [-0.2, -0.15) is 0 Å². The van der Waals surface area contributed by atoms with E-state index in [-0.39, 0.29) is 36.8 Å². The van der Waals surface area contributed by atoms with Gasteiger partial charge in [-0.1, -0.05) is 18.2 Å². The molecule has 2 aliphatic heterocycles. The minimum absolute atomic E-state index is 0.0280. The van der Waals surface area contributed by atoms with Crippen LogP contribution in [-0.4, -0.2) is 83.9 Å². The third-order valence-corrected chi connectivity index (χ3v) is 6.35. The van der Waals surface area contributed by atoms with Crippen LogP contribution in [0.4, 0.5) is 0 Å². The highest BCUT2D eigenvalue weighted by Gasteiger charge is 2.39. The highest BCUT2D eigenvalue weighted by atomic mass is 16.5. The maximum Gasteiger partial charge on any atom is 0.242 e. The Morgan fingerprint density at radius 3 is 2.41 bits per heavy atom. The van der Waals surface area contributed by atoms with Crippen LogP contribution in [0.5, 0.6) is 5.75 Å². The van der Waals surface area contributed by atoms with E-state index >= 15 is 0 Å². The maximum atomic E-state index is 13.3. The third kappa shape index (κ3) is 5.53. The minimum atomic E-state index is -0.477. The van der Waals surface area contributed by atoms with E-state index in [1.54, 1.807) is 35.1 Å². The molecule has 2 unspecified atom stereocenters. The van der Waals surface area contributed by atoms with Crippen molar-refractivity contribution >= 4 is 17.7 Å². The molecule has 2 fully saturated rings. The van der Waals surface area contributed by atoms with E-state index in [2.05, 4.69) is 4.98 Å². The van der Waals surface area contributed by atoms with Gasteiger partial charge in [-0.05, 0) is 29.8 Å². The van der Waals surface area contributed by atoms with Gasteiger partial charge in [0.1, 0.15) is 5.75 Å². The predicted octanol–water partition coefficient (Wildman–Crippen LogP) is 1.32. The highest BCUT2D eigenvalue weighted by molar-refractivity contribution is 5.91. The lowest BCUT2D eigenvalue weighted by molar-refractivity contribution is -0.141. The molecular formula is C25H30N4O5. The molecule has 0 aliphatic carbocycles. The monoisotopic (exact) mass is 466 g/mol. The van der Waals surface area contributed by atoms with Crippen LogP contribution >= 0.6 is 0 Å². The van der Waals surface area contributed by atoms with Crippen molar-refractivity contribution in [1.82, 2.24) is 19.7 Å². The molecule has 0 bridgehead atoms. The Morgan fingerprint density at radius 1 is 0.971 bits per heavy atom. The van der Waals surface area contributed by atoms with Crippen molar-refractivity contribution in [3.63, 3.8) is 0 Å². The number of amides is 3. The van der Waals surface area contributed by atoms with Crippen molar-refractivity contribution in [3.8, 4) is 5.75 Å². The fraction of sp³-hybridized carbons (Fsp3) is 0.440. The van der Waals surface area contributed by atoms with Gasteiger partial charge in [0, 0.05) is 45.9 Å². The van der Waals surface area contributed by atoms with Gasteiger partial charge in [0.25, 0.3) is 0 Å². The largest absolute Gasteiger partial charge is 0.497 e. The fourth-order valence-electron chi connectivity index (χ4n) is 4.44. The number of pyridine rings is 1. The topological polar surface area (TPSA) is 92.3 Å². The van der Waals surface area contributed by atoms with E-state index < -0.39 is 5.92 Å². The van der Waals surface area contributed by atoms with Crippen LogP contribution in [0.15, 0.2) is 48.7 Å². The molecule has 3 amide bonds. The standard InChI is InChI=1S/C25H30N4O5/c1-33-21-8-6-18(7-9-21)12-27-15-22(34-2)16-29(17-24(27)31)25(32)19-11-23(30)28(13-19)14-20-5-3-4-10-26-20/h3-10,19,22H,11-17H2,1-2H3. The third-order valence-electron chi connectivity index (χ3n) is 6.35. The summed E-state index contributed by atoms with van der Waals surface area (Å²) in [5, 5.41) is 0. The van der Waals surface area contributed by atoms with Crippen LogP contribution in [0, 0.1) is 5.92 Å². The smallest absolute Gasteiger partial charge is 0.242 e. The minimum Gasteiger partial charge on any atom is -0.497 e. The number of aromatic nitrogens is 1. The molecule has 0 saturated carbocycles. The Hall–Kier alpha value is -3.46. The lowest BCUT2D eigenvalue weighted by Gasteiger charge is -2.25. The second-order valence-electron chi connectivity index (χ2n) is 8.70. The molecule has 2 aliphatic rings. The fourth-order valence-corrected chi connectivity index (χ4v) is 4.44. The number of nitrogens with zero attached hydrogens (tertiary/aromatic N) is 4. The van der Waals surface area contributed by atoms with Crippen LogP contribution in [-0.2, 0) is 32.2 Å². The number of benzene rings is 1. The second-order valence-corrected chi connectivity index (χ2v) is 8.70. The quantitative estimate of drug-likeness (QED) is 0.611. The van der Waals surface area contributed by atoms with Gasteiger partial charge in [-0.25, -0.2) is 0 Å². The number of carbonyl (C=O) groups excluding carboxylic acids is 3. The summed E-state index contributed by atoms with van der Waals surface area (Å²) in [6.07, 6.45) is 1.52. The molecule has 0 spiro atoms. The van der Waals surface area contributed by atoms with E-state index in [4.69, 9.17) is 9.47 Å². The lowest BCUT2D eigenvalue weighted by Crippen LogP contribution is -2.43. The summed E-state index contributed by atoms with van der Waals surface area (Å²) in [6, 6.07) is 13.1. The predicted molar refractivity (Wildman–Crippen MR) is 124 cm³/mol. The molecule has 2 saturated heterocycles. The first-order chi connectivity index (χ1) is 16.5. The zero-order chi connectivity index (χ0) is 24.1. The molecule has 9 nitrogen and oxygen atoms in total. The Morgan fingerprint density at radius 2 is 1.74 bits per heavy atom. The summed E-state index contributed by atoms with van der Waals surface area (Å²) in [4.78, 5) is 48.1. The van der Waals surface area contributed by atoms with Crippen molar-refractivity contribution < 1.29 is 23.9 Å². The molecule has 3 heterocycles. The molecule has 34 heavy (non-hydrogen) atoms. The van der Waals surface area contributed by atoms with Crippen molar-refractivity contribution in [2.24, 2.45) is 5.92 Å². The van der Waals surface area contributed by atoms with Crippen LogP contribution in [0.2, 0.25) is 0 Å². The molecule has 0 N–H and O–H groups in total. The van der Waals surface area contributed by atoms with Crippen molar-refractivity contribution in [3.05, 3.63) is 59.9 Å². The first kappa shape index (κ1) is 23.7. The first-order valence-electron chi connectivity index (χ1n) is 11.4. The zero-order valence-corrected chi connectivity index (χ0v) is 19.6. The van der Waals surface area contributed by atoms with E-state index in [0.717, 1.165) is 17.0 Å². The molecular weight excluding hydrogens is 436 g/mol. The van der Waals surface area contributed by atoms with Gasteiger partial charge >= 0.3 is 0 Å². The Kier molecular flexibility index (Phi) is 7.42. The summed E-state index contributed by atoms with van der Waals surface area (Å²) in [5.74, 6) is -0.123. The molecule has 9 heteroatoms. The van der Waals surface area contributed by atoms with Gasteiger partial charge in [0.15, 0.2) is 0 Å². The number of methoxy groups -OCH3 is 2. The van der Waals surface area contributed by atoms with Crippen LogP contribution in [0.3, 0.4) is 0 Å². The maximum absolute atomic E-state index is 13.3. The highest BCUT2D eigenvalue weighted by Crippen LogP contribution is 2.23. The Labute approximate surface area is 199 Å². The summed E-state index contributed by atoms with van der Waals surface area (Å²) in [7, 11) is 3.19. The second kappa shape index (κ2) is 10.6. The van der Waals surface area contributed by atoms with Gasteiger partial charge in [0.2, 0.25) is 17.7 Å². The lowest BCUT2D eigenvalue weighted by atomic mass is 10.1. The summed E-state index contributed by atoms with van der Waals surface area (Å²) < 4.78 is 10.8. The number of carbonyl (C=O) groups is 3. The Bertz CT molecular complexity index is 1010. The van der Waals surface area contributed by atoms with Crippen LogP contribution in [0.1, 0.15) is 17.7 Å². The van der Waals surface area contributed by atoms with E-state index in [9.17, 15) is 14.4 Å². The summed E-state index contributed by atoms with van der Waals surface area (Å²) >= 11 is 0. The first-order valence-corrected chi connectivity index (χ1v) is 11.4. The number of hydrogen-bond donors (Lipinski definition) is 0. The van der Waals surface area contributed by atoms with E-state index in [1.165, 1.54) is 0 Å². The molecule has 1 aromatic carbocycles. The molecule has 2 aromatic rings. The van der Waals surface area contributed by atoms with Crippen molar-refractivity contribution in [1.29, 1.82) is 0 Å². The van der Waals surface area contributed by atoms with Gasteiger partial charge in [0.05, 0.1) is 37.9 Å². The number of likely N-dealkylation sites (tertiary alicyclic amines) is 1. The van der Waals surface area contributed by atoms with E-state index in [0.29, 0.717) is 32.7 Å². The molecule has 180 valence electrons. The molecule has 0 radical (unpaired) electrons. The number of hydrogen-bond acceptors (Lipinski definition) is 6. The Balaban J connectivity index is 1.41. The van der Waals surface area contributed by atoms with Gasteiger partial charge in [-0.15, -0.1) is 0 Å². The number of ether oxygens (including phenoxy) is 2. The van der Waals surface area contributed by atoms with E-state index in [1.807, 2.05) is 42.5 Å². The average molecular weight is 467 g/mol. The SMILES string of the molecule is COc1ccc(CN2CC(OC)CN(C(=O)C3CC(=O)N(Cc4ccccn4)C3)CC2=O)cc1. The zero-order valence-electron chi connectivity index (χ0n) is 19.6. The molecule has 4 rings (SSSR count).